The van der Waals surface area contributed by atoms with Crippen LogP contribution in [0.2, 0.25) is 0 Å². The molecule has 5 aliphatic heterocycles. The smallest absolute Gasteiger partial charge is 0.262 e. The van der Waals surface area contributed by atoms with E-state index in [-0.39, 0.29) is 61.9 Å². The second-order valence-corrected chi connectivity index (χ2v) is 19.2. The molecule has 390 valence electrons. The minimum absolute atomic E-state index is 0.00112. The largest absolute Gasteiger partial charge is 0.374 e. The van der Waals surface area contributed by atoms with Gasteiger partial charge in [0.1, 0.15) is 48.7 Å². The third-order valence-corrected chi connectivity index (χ3v) is 14.3. The highest BCUT2D eigenvalue weighted by Gasteiger charge is 2.61. The molecule has 0 saturated carbocycles. The molecule has 0 spiro atoms. The quantitative estimate of drug-likeness (QED) is 0.0407. The molecule has 3 saturated heterocycles. The second kappa shape index (κ2) is 23.5. The van der Waals surface area contributed by atoms with Crippen LogP contribution in [-0.4, -0.2) is 115 Å². The second-order valence-electron chi connectivity index (χ2n) is 19.2. The van der Waals surface area contributed by atoms with Crippen LogP contribution in [0, 0.1) is 0 Å². The van der Waals surface area contributed by atoms with E-state index in [2.05, 4.69) is 6.58 Å². The van der Waals surface area contributed by atoms with Crippen LogP contribution in [-0.2, 0) is 62.5 Å². The van der Waals surface area contributed by atoms with Crippen molar-refractivity contribution in [3.8, 4) is 0 Å². The minimum Gasteiger partial charge on any atom is -0.374 e. The Kier molecular flexibility index (Phi) is 15.8. The topological polar surface area (TPSA) is 158 Å². The number of hydrogen-bond donors (Lipinski definition) is 0. The lowest BCUT2D eigenvalue weighted by Gasteiger charge is -2.53. The normalized spacial score (nSPS) is 27.0. The van der Waals surface area contributed by atoms with Crippen LogP contribution in [0.1, 0.15) is 82.8 Å². The van der Waals surface area contributed by atoms with Gasteiger partial charge in [-0.1, -0.05) is 152 Å². The molecule has 3 fully saturated rings. The van der Waals surface area contributed by atoms with Crippen molar-refractivity contribution in [2.24, 2.45) is 0 Å². The SMILES string of the molecule is C=CCCCO[C@@H]1O[C@H](COCc2ccccc2)[C@@H](O[C@@H]2O[C@@H]3COC(c4ccccc4)O[C@H]3[C@H](OCc3ccccc3)[C@H]2N2C(=O)c3ccccc3C2=O)[C@H](OCc2ccccc2)[C@H]1N1C(=O)c2ccccc2C1=O. The highest BCUT2D eigenvalue weighted by molar-refractivity contribution is 6.22. The zero-order valence-corrected chi connectivity index (χ0v) is 41.7. The van der Waals surface area contributed by atoms with E-state index in [1.807, 2.05) is 121 Å². The Balaban J connectivity index is 1.04. The fourth-order valence-electron chi connectivity index (χ4n) is 10.6. The van der Waals surface area contributed by atoms with Crippen LogP contribution in [0.3, 0.4) is 0 Å². The maximum atomic E-state index is 15.0. The third kappa shape index (κ3) is 10.6. The van der Waals surface area contributed by atoms with Crippen molar-refractivity contribution in [1.29, 1.82) is 0 Å². The third-order valence-electron chi connectivity index (χ3n) is 14.3. The van der Waals surface area contributed by atoms with Crippen molar-refractivity contribution < 1.29 is 61.8 Å². The molecule has 0 N–H and O–H groups in total. The van der Waals surface area contributed by atoms with Crippen molar-refractivity contribution in [2.45, 2.75) is 100 Å². The maximum Gasteiger partial charge on any atom is 0.262 e. The van der Waals surface area contributed by atoms with Gasteiger partial charge in [-0.3, -0.25) is 29.0 Å². The molecule has 11 atom stereocenters. The Labute approximate surface area is 440 Å². The van der Waals surface area contributed by atoms with Gasteiger partial charge in [-0.25, -0.2) is 0 Å². The van der Waals surface area contributed by atoms with Gasteiger partial charge in [-0.15, -0.1) is 6.58 Å². The van der Waals surface area contributed by atoms with Gasteiger partial charge in [0.25, 0.3) is 23.6 Å². The van der Waals surface area contributed by atoms with Gasteiger partial charge in [0.15, 0.2) is 18.9 Å². The molecule has 1 unspecified atom stereocenters. The first-order valence-electron chi connectivity index (χ1n) is 25.7. The number of amides is 4. The molecular weight excluding hydrogens is 969 g/mol. The Morgan fingerprint density at radius 2 is 0.987 bits per heavy atom. The van der Waals surface area contributed by atoms with E-state index in [0.29, 0.717) is 12.8 Å². The van der Waals surface area contributed by atoms with E-state index in [1.165, 1.54) is 0 Å². The monoisotopic (exact) mass is 1030 g/mol. The lowest BCUT2D eigenvalue weighted by Crippen LogP contribution is -2.71. The van der Waals surface area contributed by atoms with Gasteiger partial charge < -0.3 is 42.6 Å². The molecule has 4 amide bonds. The van der Waals surface area contributed by atoms with Crippen LogP contribution in [0.4, 0.5) is 0 Å². The number of allylic oxidation sites excluding steroid dienone is 1. The number of rotatable bonds is 20. The minimum atomic E-state index is -1.51. The van der Waals surface area contributed by atoms with Crippen molar-refractivity contribution in [1.82, 2.24) is 9.80 Å². The van der Waals surface area contributed by atoms with Gasteiger partial charge in [0, 0.05) is 5.56 Å². The van der Waals surface area contributed by atoms with Gasteiger partial charge in [-0.05, 0) is 53.8 Å². The summed E-state index contributed by atoms with van der Waals surface area (Å²) in [4.78, 5) is 61.8. The zero-order valence-electron chi connectivity index (χ0n) is 41.7. The summed E-state index contributed by atoms with van der Waals surface area (Å²) in [5.74, 6) is -2.31. The van der Waals surface area contributed by atoms with E-state index in [1.54, 1.807) is 54.6 Å². The predicted molar refractivity (Wildman–Crippen MR) is 275 cm³/mol. The van der Waals surface area contributed by atoms with Gasteiger partial charge in [0.2, 0.25) is 0 Å². The van der Waals surface area contributed by atoms with Crippen LogP contribution >= 0.6 is 0 Å². The molecular formula is C61H58N2O13. The highest BCUT2D eigenvalue weighted by Crippen LogP contribution is 2.43. The molecule has 5 heterocycles. The Bertz CT molecular complexity index is 2910. The first-order valence-corrected chi connectivity index (χ1v) is 25.7. The molecule has 0 radical (unpaired) electrons. The first-order chi connectivity index (χ1) is 37.4. The van der Waals surface area contributed by atoms with Crippen molar-refractivity contribution >= 4 is 23.6 Å². The molecule has 76 heavy (non-hydrogen) atoms. The fourth-order valence-corrected chi connectivity index (χ4v) is 10.6. The average Bonchev–Trinajstić information content (AvgIpc) is 3.93. The number of imide groups is 2. The van der Waals surface area contributed by atoms with E-state index in [4.69, 9.17) is 42.6 Å². The molecule has 15 nitrogen and oxygen atoms in total. The summed E-state index contributed by atoms with van der Waals surface area (Å²) in [5, 5.41) is 0. The lowest BCUT2D eigenvalue weighted by molar-refractivity contribution is -0.377. The Morgan fingerprint density at radius 3 is 1.51 bits per heavy atom. The zero-order chi connectivity index (χ0) is 52.0. The summed E-state index contributed by atoms with van der Waals surface area (Å²) in [5.41, 5.74) is 4.07. The number of fused-ring (bicyclic) bond motifs is 3. The molecule has 0 aromatic heterocycles. The van der Waals surface area contributed by atoms with Crippen molar-refractivity contribution in [3.05, 3.63) is 227 Å². The Hall–Kier alpha value is -7.02. The molecule has 11 rings (SSSR count). The number of hydrogen-bond acceptors (Lipinski definition) is 13. The summed E-state index contributed by atoms with van der Waals surface area (Å²) in [6, 6.07) is 48.7. The van der Waals surface area contributed by atoms with Crippen LogP contribution in [0.5, 0.6) is 0 Å². The number of nitrogens with zero attached hydrogens (tertiary/aromatic N) is 2. The van der Waals surface area contributed by atoms with E-state index < -0.39 is 91.2 Å². The highest BCUT2D eigenvalue weighted by atomic mass is 16.8. The molecule has 0 aliphatic carbocycles. The standard InChI is InChI=1S/C61H58N2O13/c1-2-3-20-33-69-60-49(62-55(64)43-29-16-17-30-44(43)56(62)65)53(70-35-40-23-10-5-11-24-40)51(47(73-60)37-68-34-39-21-8-4-9-22-39)76-61-50(63-57(66)45-31-18-19-32-46(45)58(63)67)54(71-36-41-25-12-6-13-26-41)52-48(74-61)38-72-59(75-52)42-27-14-7-15-28-42/h2,4-19,21-32,47-54,59-61H,1,3,20,33-38H2/t47-,48-,49-,50-,51-,52-,53-,54-,59?,60-,61+/m1/s1. The van der Waals surface area contributed by atoms with E-state index in [0.717, 1.165) is 32.1 Å². The molecule has 5 aliphatic rings. The molecule has 15 heteroatoms. The average molecular weight is 1030 g/mol. The number of benzene rings is 6. The summed E-state index contributed by atoms with van der Waals surface area (Å²) >= 11 is 0. The van der Waals surface area contributed by atoms with E-state index in [9.17, 15) is 19.2 Å². The van der Waals surface area contributed by atoms with Crippen LogP contribution in [0.15, 0.2) is 183 Å². The summed E-state index contributed by atoms with van der Waals surface area (Å²) in [7, 11) is 0. The maximum absolute atomic E-state index is 15.0. The number of carbonyl (C=O) groups is 4. The summed E-state index contributed by atoms with van der Waals surface area (Å²) in [6.07, 6.45) is -7.15. The predicted octanol–water partition coefficient (Wildman–Crippen LogP) is 8.64. The van der Waals surface area contributed by atoms with Gasteiger partial charge in [-0.2, -0.15) is 0 Å². The van der Waals surface area contributed by atoms with Crippen LogP contribution in [0.25, 0.3) is 0 Å². The fraction of sp³-hybridized carbons (Fsp3) is 0.311. The Morgan fingerprint density at radius 1 is 0.513 bits per heavy atom. The number of unbranched alkanes of at least 4 members (excludes halogenated alkanes) is 1. The number of ether oxygens (including phenoxy) is 9. The lowest BCUT2D eigenvalue weighted by atomic mass is 9.92. The molecule has 6 aromatic carbocycles. The van der Waals surface area contributed by atoms with Crippen molar-refractivity contribution in [2.75, 3.05) is 19.8 Å². The van der Waals surface area contributed by atoms with Gasteiger partial charge in [0.05, 0.1) is 61.9 Å². The molecule has 0 bridgehead atoms. The van der Waals surface area contributed by atoms with E-state index >= 15 is 0 Å². The summed E-state index contributed by atoms with van der Waals surface area (Å²) in [6.45, 7) is 4.18. The summed E-state index contributed by atoms with van der Waals surface area (Å²) < 4.78 is 61.9. The number of carbonyl (C=O) groups excluding carboxylic acids is 4. The molecule has 6 aromatic rings. The van der Waals surface area contributed by atoms with Crippen molar-refractivity contribution in [3.63, 3.8) is 0 Å². The van der Waals surface area contributed by atoms with Crippen LogP contribution < -0.4 is 0 Å². The first kappa shape index (κ1) is 51.1. The van der Waals surface area contributed by atoms with Gasteiger partial charge >= 0.3 is 0 Å².